The van der Waals surface area contributed by atoms with Crippen LogP contribution in [0.25, 0.3) is 6.08 Å². The van der Waals surface area contributed by atoms with Crippen LogP contribution in [0.3, 0.4) is 0 Å². The van der Waals surface area contributed by atoms with Gasteiger partial charge >= 0.3 is 0 Å². The smallest absolute Gasteiger partial charge is 0.132 e. The summed E-state index contributed by atoms with van der Waals surface area (Å²) >= 11 is 3.16. The molecule has 0 aliphatic heterocycles. The summed E-state index contributed by atoms with van der Waals surface area (Å²) in [4.78, 5) is 0. The summed E-state index contributed by atoms with van der Waals surface area (Å²) in [6.45, 7) is -0.625. The molecule has 0 bridgehead atoms. The fraction of sp³-hybridized carbons (Fsp3) is 0.200. The summed E-state index contributed by atoms with van der Waals surface area (Å²) in [5, 5.41) is 9.28. The van der Waals surface area contributed by atoms with Crippen molar-refractivity contribution in [1.82, 2.24) is 0 Å². The highest BCUT2D eigenvalue weighted by Gasteiger charge is 2.08. The third kappa shape index (κ3) is 2.62. The van der Waals surface area contributed by atoms with Gasteiger partial charge in [-0.25, -0.2) is 8.78 Å². The summed E-state index contributed by atoms with van der Waals surface area (Å²) in [6.07, 6.45) is 3.33. The van der Waals surface area contributed by atoms with Gasteiger partial charge in [-0.2, -0.15) is 0 Å². The highest BCUT2D eigenvalue weighted by Crippen LogP contribution is 2.16. The molecule has 76 valence electrons. The summed E-state index contributed by atoms with van der Waals surface area (Å²) in [5.41, 5.74) is 0.151. The maximum absolute atomic E-state index is 13.1. The van der Waals surface area contributed by atoms with Gasteiger partial charge in [-0.3, -0.25) is 0 Å². The third-order valence-electron chi connectivity index (χ3n) is 1.72. The molecule has 0 unspecified atom stereocenters. The molecule has 1 N–H and O–H groups in total. The van der Waals surface area contributed by atoms with Gasteiger partial charge in [0.25, 0.3) is 0 Å². The molecule has 0 spiro atoms. The summed E-state index contributed by atoms with van der Waals surface area (Å²) in [6, 6.07) is 2.38. The molecular formula is C10H9BrF2O. The third-order valence-corrected chi connectivity index (χ3v) is 2.09. The number of rotatable bonds is 3. The van der Waals surface area contributed by atoms with E-state index in [2.05, 4.69) is 15.9 Å². The van der Waals surface area contributed by atoms with Crippen LogP contribution in [0.2, 0.25) is 0 Å². The van der Waals surface area contributed by atoms with E-state index in [0.29, 0.717) is 10.9 Å². The van der Waals surface area contributed by atoms with Crippen molar-refractivity contribution in [3.05, 3.63) is 41.0 Å². The minimum atomic E-state index is -0.721. The molecule has 0 radical (unpaired) electrons. The number of aliphatic hydroxyl groups excluding tert-OH is 1. The number of hydrogen-bond acceptors (Lipinski definition) is 1. The molecule has 0 saturated carbocycles. The van der Waals surface area contributed by atoms with Gasteiger partial charge in [0, 0.05) is 10.9 Å². The minimum absolute atomic E-state index is 0.291. The van der Waals surface area contributed by atoms with Crippen LogP contribution in [0.5, 0.6) is 0 Å². The van der Waals surface area contributed by atoms with E-state index in [0.717, 1.165) is 0 Å². The Bertz CT molecular complexity index is 327. The number of aliphatic hydroxyl groups is 1. The van der Waals surface area contributed by atoms with Crippen LogP contribution in [-0.2, 0) is 6.61 Å². The lowest BCUT2D eigenvalue weighted by Gasteiger charge is -2.02. The van der Waals surface area contributed by atoms with Crippen LogP contribution >= 0.6 is 15.9 Å². The van der Waals surface area contributed by atoms with Crippen LogP contribution in [0, 0.1) is 11.6 Å². The van der Waals surface area contributed by atoms with Crippen molar-refractivity contribution in [2.24, 2.45) is 0 Å². The van der Waals surface area contributed by atoms with E-state index in [4.69, 9.17) is 5.11 Å². The molecule has 1 nitrogen and oxygen atoms in total. The van der Waals surface area contributed by atoms with Gasteiger partial charge in [-0.05, 0) is 17.7 Å². The summed E-state index contributed by atoms with van der Waals surface area (Å²) in [5.74, 6) is -1.44. The van der Waals surface area contributed by atoms with Crippen molar-refractivity contribution in [2.45, 2.75) is 6.61 Å². The van der Waals surface area contributed by atoms with Crippen LogP contribution in [0.15, 0.2) is 18.2 Å². The molecule has 1 aromatic carbocycles. The Morgan fingerprint density at radius 2 is 1.86 bits per heavy atom. The normalized spacial score (nSPS) is 11.1. The van der Waals surface area contributed by atoms with Crippen LogP contribution in [0.4, 0.5) is 8.78 Å². The Morgan fingerprint density at radius 3 is 2.29 bits per heavy atom. The van der Waals surface area contributed by atoms with Gasteiger partial charge in [0.2, 0.25) is 0 Å². The van der Waals surface area contributed by atoms with Gasteiger partial charge in [0.05, 0.1) is 6.61 Å². The maximum Gasteiger partial charge on any atom is 0.132 e. The molecule has 14 heavy (non-hydrogen) atoms. The number of halogens is 3. The Hall–Kier alpha value is -0.740. The largest absolute Gasteiger partial charge is 0.391 e. The molecule has 0 amide bonds. The lowest BCUT2D eigenvalue weighted by atomic mass is 10.1. The predicted molar refractivity (Wildman–Crippen MR) is 55.1 cm³/mol. The highest BCUT2D eigenvalue weighted by atomic mass is 79.9. The molecule has 4 heteroatoms. The first-order chi connectivity index (χ1) is 6.69. The van der Waals surface area contributed by atoms with Crippen molar-refractivity contribution in [3.63, 3.8) is 0 Å². The van der Waals surface area contributed by atoms with Crippen molar-refractivity contribution in [2.75, 3.05) is 5.33 Å². The predicted octanol–water partition coefficient (Wildman–Crippen LogP) is 2.87. The first kappa shape index (κ1) is 11.3. The number of hydrogen-bond donors (Lipinski definition) is 1. The zero-order valence-corrected chi connectivity index (χ0v) is 8.89. The van der Waals surface area contributed by atoms with Crippen molar-refractivity contribution in [1.29, 1.82) is 0 Å². The van der Waals surface area contributed by atoms with E-state index in [1.165, 1.54) is 12.1 Å². The molecule has 0 heterocycles. The highest BCUT2D eigenvalue weighted by molar-refractivity contribution is 9.09. The zero-order valence-electron chi connectivity index (χ0n) is 7.30. The fourth-order valence-corrected chi connectivity index (χ4v) is 1.24. The Morgan fingerprint density at radius 1 is 1.29 bits per heavy atom. The van der Waals surface area contributed by atoms with Crippen LogP contribution < -0.4 is 0 Å². The average Bonchev–Trinajstić information content (AvgIpc) is 2.14. The van der Waals surface area contributed by atoms with Crippen LogP contribution in [-0.4, -0.2) is 10.4 Å². The quantitative estimate of drug-likeness (QED) is 0.831. The average molecular weight is 263 g/mol. The minimum Gasteiger partial charge on any atom is -0.391 e. The second kappa shape index (κ2) is 5.22. The molecule has 0 saturated heterocycles. The zero-order chi connectivity index (χ0) is 10.6. The van der Waals surface area contributed by atoms with Gasteiger partial charge in [-0.15, -0.1) is 0 Å². The van der Waals surface area contributed by atoms with E-state index in [1.807, 2.05) is 0 Å². The lowest BCUT2D eigenvalue weighted by molar-refractivity contribution is 0.269. The Kier molecular flexibility index (Phi) is 4.22. The molecule has 1 aromatic rings. The number of benzene rings is 1. The van der Waals surface area contributed by atoms with E-state index >= 15 is 0 Å². The SMILES string of the molecule is OCc1c(F)cc(C=CCBr)cc1F. The molecule has 0 aliphatic carbocycles. The second-order valence-electron chi connectivity index (χ2n) is 2.68. The number of alkyl halides is 1. The fourth-order valence-electron chi connectivity index (χ4n) is 1.05. The Balaban J connectivity index is 3.07. The maximum atomic E-state index is 13.1. The van der Waals surface area contributed by atoms with E-state index in [1.54, 1.807) is 12.2 Å². The summed E-state index contributed by atoms with van der Waals surface area (Å²) < 4.78 is 26.2. The van der Waals surface area contributed by atoms with Crippen molar-refractivity contribution >= 4 is 22.0 Å². The second-order valence-corrected chi connectivity index (χ2v) is 3.33. The molecule has 0 atom stereocenters. The molecule has 0 aliphatic rings. The first-order valence-corrected chi connectivity index (χ1v) is 5.12. The lowest BCUT2D eigenvalue weighted by Crippen LogP contribution is -1.96. The van der Waals surface area contributed by atoms with Crippen LogP contribution in [0.1, 0.15) is 11.1 Å². The van der Waals surface area contributed by atoms with E-state index in [-0.39, 0.29) is 5.56 Å². The molecule has 0 fully saturated rings. The molecule has 1 rings (SSSR count). The van der Waals surface area contributed by atoms with Crippen molar-refractivity contribution < 1.29 is 13.9 Å². The number of allylic oxidation sites excluding steroid dienone is 1. The van der Waals surface area contributed by atoms with Gasteiger partial charge in [0.1, 0.15) is 11.6 Å². The standard InChI is InChI=1S/C10H9BrF2O/c11-3-1-2-7-4-9(12)8(6-14)10(13)5-7/h1-2,4-5,14H,3,6H2. The van der Waals surface area contributed by atoms with Gasteiger partial charge < -0.3 is 5.11 Å². The Labute approximate surface area is 89.2 Å². The molecule has 0 aromatic heterocycles. The topological polar surface area (TPSA) is 20.2 Å². The van der Waals surface area contributed by atoms with Gasteiger partial charge in [0.15, 0.2) is 0 Å². The summed E-state index contributed by atoms with van der Waals surface area (Å²) in [7, 11) is 0. The first-order valence-electron chi connectivity index (χ1n) is 4.00. The van der Waals surface area contributed by atoms with Crippen molar-refractivity contribution in [3.8, 4) is 0 Å². The van der Waals surface area contributed by atoms with Gasteiger partial charge in [-0.1, -0.05) is 28.1 Å². The molecular weight excluding hydrogens is 254 g/mol. The van der Waals surface area contributed by atoms with E-state index in [9.17, 15) is 8.78 Å². The monoisotopic (exact) mass is 262 g/mol. The van der Waals surface area contributed by atoms with E-state index < -0.39 is 18.2 Å².